The van der Waals surface area contributed by atoms with Gasteiger partial charge in [0.25, 0.3) is 5.89 Å². The Morgan fingerprint density at radius 1 is 1.46 bits per heavy atom. The van der Waals surface area contributed by atoms with Crippen LogP contribution in [0.5, 0.6) is 0 Å². The quantitative estimate of drug-likeness (QED) is 0.656. The van der Waals surface area contributed by atoms with Gasteiger partial charge in [-0.15, -0.1) is 0 Å². The molecule has 0 saturated carbocycles. The molecule has 0 unspecified atom stereocenters. The Labute approximate surface area is 73.6 Å². The van der Waals surface area contributed by atoms with Gasteiger partial charge in [-0.3, -0.25) is 0 Å². The number of hydrogen-bond acceptors (Lipinski definition) is 5. The smallest absolute Gasteiger partial charge is 0.293 e. The van der Waals surface area contributed by atoms with Gasteiger partial charge in [-0.1, -0.05) is 5.16 Å². The number of furan rings is 1. The first-order valence-corrected chi connectivity index (χ1v) is 3.60. The van der Waals surface area contributed by atoms with Crippen molar-refractivity contribution in [3.05, 3.63) is 23.7 Å². The molecule has 5 nitrogen and oxygen atoms in total. The number of nitrogens with zero attached hydrogens (tertiary/aromatic N) is 3. The molecule has 64 valence electrons. The molecule has 2 aromatic heterocycles. The second-order valence-corrected chi connectivity index (χ2v) is 2.42. The summed E-state index contributed by atoms with van der Waals surface area (Å²) in [6, 6.07) is 5.03. The van der Waals surface area contributed by atoms with Gasteiger partial charge in [0.05, 0.1) is 0 Å². The average Bonchev–Trinajstić information content (AvgIpc) is 2.71. The summed E-state index contributed by atoms with van der Waals surface area (Å²) >= 11 is 0. The minimum atomic E-state index is 0.228. The molecule has 2 rings (SSSR count). The molecular formula is C8H5N3O2. The van der Waals surface area contributed by atoms with Gasteiger partial charge in [-0.2, -0.15) is 10.2 Å². The van der Waals surface area contributed by atoms with Crippen molar-refractivity contribution in [2.75, 3.05) is 0 Å². The van der Waals surface area contributed by atoms with Crippen LogP contribution in [0, 0.1) is 18.3 Å². The van der Waals surface area contributed by atoms with E-state index in [1.54, 1.807) is 19.1 Å². The lowest BCUT2D eigenvalue weighted by Crippen LogP contribution is -1.73. The van der Waals surface area contributed by atoms with Crippen molar-refractivity contribution in [1.82, 2.24) is 10.1 Å². The van der Waals surface area contributed by atoms with E-state index in [1.807, 2.05) is 6.07 Å². The van der Waals surface area contributed by atoms with E-state index in [0.29, 0.717) is 17.5 Å². The van der Waals surface area contributed by atoms with Crippen molar-refractivity contribution in [3.63, 3.8) is 0 Å². The highest BCUT2D eigenvalue weighted by Gasteiger charge is 2.10. The van der Waals surface area contributed by atoms with E-state index < -0.39 is 0 Å². The predicted molar refractivity (Wildman–Crippen MR) is 41.5 cm³/mol. The molecule has 0 N–H and O–H groups in total. The van der Waals surface area contributed by atoms with Gasteiger partial charge in [-0.25, -0.2) is 0 Å². The van der Waals surface area contributed by atoms with Crippen molar-refractivity contribution >= 4 is 0 Å². The number of aromatic nitrogens is 2. The molecule has 13 heavy (non-hydrogen) atoms. The van der Waals surface area contributed by atoms with Crippen LogP contribution in [-0.2, 0) is 0 Å². The van der Waals surface area contributed by atoms with E-state index in [9.17, 15) is 0 Å². The van der Waals surface area contributed by atoms with E-state index in [1.165, 1.54) is 0 Å². The Morgan fingerprint density at radius 3 is 2.85 bits per heavy atom. The maximum atomic E-state index is 8.49. The molecule has 0 amide bonds. The van der Waals surface area contributed by atoms with Crippen molar-refractivity contribution in [3.8, 4) is 17.7 Å². The molecule has 2 aromatic rings. The van der Waals surface area contributed by atoms with Gasteiger partial charge in [0.2, 0.25) is 5.76 Å². The van der Waals surface area contributed by atoms with Gasteiger partial charge >= 0.3 is 0 Å². The van der Waals surface area contributed by atoms with Gasteiger partial charge in [0.15, 0.2) is 11.6 Å². The standard InChI is InChI=1S/C8H5N3O2/c1-5-10-8(13-11-5)7-3-2-6(4-9)12-7/h2-3H,1H3. The number of aryl methyl sites for hydroxylation is 1. The third-order valence-electron chi connectivity index (χ3n) is 1.45. The van der Waals surface area contributed by atoms with Gasteiger partial charge in [0, 0.05) is 0 Å². The summed E-state index contributed by atoms with van der Waals surface area (Å²) in [5.41, 5.74) is 0. The van der Waals surface area contributed by atoms with Crippen LogP contribution in [0.3, 0.4) is 0 Å². The third-order valence-corrected chi connectivity index (χ3v) is 1.45. The summed E-state index contributed by atoms with van der Waals surface area (Å²) in [5, 5.41) is 12.1. The summed E-state index contributed by atoms with van der Waals surface area (Å²) in [7, 11) is 0. The highest BCUT2D eigenvalue weighted by atomic mass is 16.5. The normalized spacial score (nSPS) is 9.85. The van der Waals surface area contributed by atoms with E-state index in [2.05, 4.69) is 10.1 Å². The zero-order valence-electron chi connectivity index (χ0n) is 6.81. The van der Waals surface area contributed by atoms with Crippen molar-refractivity contribution < 1.29 is 8.94 Å². The molecule has 0 atom stereocenters. The van der Waals surface area contributed by atoms with Crippen molar-refractivity contribution in [2.45, 2.75) is 6.92 Å². The first-order valence-electron chi connectivity index (χ1n) is 3.60. The molecule has 0 aromatic carbocycles. The van der Waals surface area contributed by atoms with E-state index >= 15 is 0 Å². The third kappa shape index (κ3) is 1.29. The molecule has 2 heterocycles. The monoisotopic (exact) mass is 175 g/mol. The molecular weight excluding hydrogens is 170 g/mol. The lowest BCUT2D eigenvalue weighted by molar-refractivity contribution is 0.410. The maximum absolute atomic E-state index is 8.49. The summed E-state index contributed by atoms with van der Waals surface area (Å²) in [6.07, 6.45) is 0. The lowest BCUT2D eigenvalue weighted by atomic mass is 10.4. The molecule has 0 aliphatic heterocycles. The number of rotatable bonds is 1. The van der Waals surface area contributed by atoms with Crippen LogP contribution < -0.4 is 0 Å². The van der Waals surface area contributed by atoms with Crippen LogP contribution in [0.2, 0.25) is 0 Å². The molecule has 0 radical (unpaired) electrons. The Morgan fingerprint density at radius 2 is 2.31 bits per heavy atom. The summed E-state index contributed by atoms with van der Waals surface area (Å²) in [6.45, 7) is 1.71. The zero-order valence-corrected chi connectivity index (χ0v) is 6.81. The van der Waals surface area contributed by atoms with Crippen molar-refractivity contribution in [2.24, 2.45) is 0 Å². The Bertz CT molecular complexity index is 464. The van der Waals surface area contributed by atoms with Gasteiger partial charge in [-0.05, 0) is 19.1 Å². The lowest BCUT2D eigenvalue weighted by Gasteiger charge is -1.82. The predicted octanol–water partition coefficient (Wildman–Crippen LogP) is 1.51. The van der Waals surface area contributed by atoms with Crippen molar-refractivity contribution in [1.29, 1.82) is 5.26 Å². The molecule has 0 spiro atoms. The largest absolute Gasteiger partial charge is 0.440 e. The topological polar surface area (TPSA) is 75.8 Å². The molecule has 0 bridgehead atoms. The van der Waals surface area contributed by atoms with E-state index in [-0.39, 0.29) is 5.76 Å². The van der Waals surface area contributed by atoms with Gasteiger partial charge < -0.3 is 8.94 Å². The fraction of sp³-hybridized carbons (Fsp3) is 0.125. The zero-order chi connectivity index (χ0) is 9.26. The van der Waals surface area contributed by atoms with E-state index in [0.717, 1.165) is 0 Å². The van der Waals surface area contributed by atoms with E-state index in [4.69, 9.17) is 14.2 Å². The van der Waals surface area contributed by atoms with Crippen LogP contribution in [-0.4, -0.2) is 10.1 Å². The molecule has 0 aliphatic rings. The summed E-state index contributed by atoms with van der Waals surface area (Å²) in [5.74, 6) is 1.46. The molecule has 0 fully saturated rings. The maximum Gasteiger partial charge on any atom is 0.293 e. The fourth-order valence-electron chi connectivity index (χ4n) is 0.910. The Hall–Kier alpha value is -2.09. The van der Waals surface area contributed by atoms with Crippen LogP contribution in [0.15, 0.2) is 21.1 Å². The first kappa shape index (κ1) is 7.55. The van der Waals surface area contributed by atoms with Gasteiger partial charge in [0.1, 0.15) is 6.07 Å². The van der Waals surface area contributed by atoms with Crippen LogP contribution in [0.25, 0.3) is 11.7 Å². The highest BCUT2D eigenvalue weighted by Crippen LogP contribution is 2.19. The second kappa shape index (κ2) is 2.75. The minimum absolute atomic E-state index is 0.228. The average molecular weight is 175 g/mol. The first-order chi connectivity index (χ1) is 6.29. The Balaban J connectivity index is 2.42. The summed E-state index contributed by atoms with van der Waals surface area (Å²) < 4.78 is 9.92. The number of nitriles is 1. The minimum Gasteiger partial charge on any atom is -0.440 e. The van der Waals surface area contributed by atoms with Crippen LogP contribution in [0.1, 0.15) is 11.6 Å². The van der Waals surface area contributed by atoms with Crippen LogP contribution in [0.4, 0.5) is 0 Å². The molecule has 5 heteroatoms. The van der Waals surface area contributed by atoms with Crippen LogP contribution >= 0.6 is 0 Å². The molecule has 0 aliphatic carbocycles. The highest BCUT2D eigenvalue weighted by molar-refractivity contribution is 5.45. The Kier molecular flexibility index (Phi) is 1.60. The SMILES string of the molecule is Cc1noc(-c2ccc(C#N)o2)n1. The fourth-order valence-corrected chi connectivity index (χ4v) is 0.910. The second-order valence-electron chi connectivity index (χ2n) is 2.42. The molecule has 0 saturated heterocycles. The summed E-state index contributed by atoms with van der Waals surface area (Å²) in [4.78, 5) is 3.95. The number of hydrogen-bond donors (Lipinski definition) is 0.